The van der Waals surface area contributed by atoms with Crippen LogP contribution in [0, 0.1) is 13.8 Å². The number of aliphatic hydroxyl groups excluding tert-OH is 1. The number of anilines is 1. The van der Waals surface area contributed by atoms with Gasteiger partial charge in [-0.2, -0.15) is 9.61 Å². The monoisotopic (exact) mass is 336 g/mol. The molecule has 0 spiro atoms. The van der Waals surface area contributed by atoms with Crippen molar-refractivity contribution in [2.75, 3.05) is 18.5 Å². The van der Waals surface area contributed by atoms with Gasteiger partial charge in [-0.15, -0.1) is 0 Å². The summed E-state index contributed by atoms with van der Waals surface area (Å²) in [7, 11) is 0. The van der Waals surface area contributed by atoms with Crippen molar-refractivity contribution in [2.24, 2.45) is 0 Å². The molecule has 4 rings (SSSR count). The summed E-state index contributed by atoms with van der Waals surface area (Å²) in [5.74, 6) is 1.05. The van der Waals surface area contributed by atoms with E-state index in [0.29, 0.717) is 0 Å². The van der Waals surface area contributed by atoms with Crippen LogP contribution in [-0.4, -0.2) is 32.9 Å². The third kappa shape index (κ3) is 2.78. The molecule has 5 nitrogen and oxygen atoms in total. The van der Waals surface area contributed by atoms with Crippen LogP contribution in [0.15, 0.2) is 24.3 Å². The molecule has 0 amide bonds. The first-order chi connectivity index (χ1) is 12.2. The van der Waals surface area contributed by atoms with Crippen LogP contribution < -0.4 is 5.32 Å². The van der Waals surface area contributed by atoms with Gasteiger partial charge in [0.1, 0.15) is 5.82 Å². The van der Waals surface area contributed by atoms with Crippen LogP contribution in [0.2, 0.25) is 0 Å². The molecule has 0 fully saturated rings. The van der Waals surface area contributed by atoms with Crippen molar-refractivity contribution >= 4 is 11.5 Å². The van der Waals surface area contributed by atoms with Gasteiger partial charge in [0.15, 0.2) is 5.65 Å². The standard InChI is InChI=1S/C20H24N4O/c1-13-7-9-15(10-8-13)18-14(2)23-24-19(21-11-4-12-25)16-5-3-6-17(16)22-20(18)24/h7-10,21,25H,3-6,11-12H2,1-2H3. The summed E-state index contributed by atoms with van der Waals surface area (Å²) in [6, 6.07) is 8.55. The van der Waals surface area contributed by atoms with Crippen molar-refractivity contribution in [3.63, 3.8) is 0 Å². The number of benzene rings is 1. The number of nitrogens with one attached hydrogen (secondary N) is 1. The maximum atomic E-state index is 9.10. The Kier molecular flexibility index (Phi) is 4.17. The van der Waals surface area contributed by atoms with Gasteiger partial charge in [0.2, 0.25) is 0 Å². The molecule has 0 saturated carbocycles. The largest absolute Gasteiger partial charge is 0.396 e. The van der Waals surface area contributed by atoms with E-state index < -0.39 is 0 Å². The molecule has 2 aromatic heterocycles. The van der Waals surface area contributed by atoms with E-state index in [1.54, 1.807) is 0 Å². The summed E-state index contributed by atoms with van der Waals surface area (Å²) in [5.41, 5.74) is 7.90. The van der Waals surface area contributed by atoms with Gasteiger partial charge in [0.05, 0.1) is 5.69 Å². The SMILES string of the molecule is Cc1ccc(-c2c(C)nn3c(NCCCO)c4c(nc23)CCC4)cc1. The molecule has 1 aromatic carbocycles. The second-order valence-corrected chi connectivity index (χ2v) is 6.80. The van der Waals surface area contributed by atoms with Crippen LogP contribution >= 0.6 is 0 Å². The number of aryl methyl sites for hydroxylation is 3. The predicted molar refractivity (Wildman–Crippen MR) is 100 cm³/mol. The van der Waals surface area contributed by atoms with Gasteiger partial charge < -0.3 is 10.4 Å². The molecule has 0 saturated heterocycles. The zero-order valence-corrected chi connectivity index (χ0v) is 14.8. The molecule has 3 aromatic rings. The fourth-order valence-corrected chi connectivity index (χ4v) is 3.66. The molecule has 2 heterocycles. The predicted octanol–water partition coefficient (Wildman–Crippen LogP) is 3.30. The number of aromatic nitrogens is 3. The summed E-state index contributed by atoms with van der Waals surface area (Å²) >= 11 is 0. The van der Waals surface area contributed by atoms with Crippen LogP contribution in [-0.2, 0) is 12.8 Å². The molecule has 0 bridgehead atoms. The Bertz CT molecular complexity index is 912. The molecule has 1 aliphatic carbocycles. The Labute approximate surface area is 147 Å². The third-order valence-corrected chi connectivity index (χ3v) is 4.93. The van der Waals surface area contributed by atoms with Gasteiger partial charge in [0.25, 0.3) is 0 Å². The van der Waals surface area contributed by atoms with Crippen molar-refractivity contribution in [2.45, 2.75) is 39.5 Å². The van der Waals surface area contributed by atoms with Crippen molar-refractivity contribution in [1.29, 1.82) is 0 Å². The van der Waals surface area contributed by atoms with Gasteiger partial charge in [-0.05, 0) is 45.1 Å². The van der Waals surface area contributed by atoms with Crippen molar-refractivity contribution in [3.05, 3.63) is 46.8 Å². The number of hydrogen-bond donors (Lipinski definition) is 2. The average Bonchev–Trinajstić information content (AvgIpc) is 3.19. The molecule has 130 valence electrons. The van der Waals surface area contributed by atoms with Gasteiger partial charge in [-0.1, -0.05) is 29.8 Å². The molecule has 25 heavy (non-hydrogen) atoms. The second kappa shape index (κ2) is 6.48. The van der Waals surface area contributed by atoms with Crippen LogP contribution in [0.1, 0.15) is 35.4 Å². The Balaban J connectivity index is 1.90. The zero-order chi connectivity index (χ0) is 17.4. The Morgan fingerprint density at radius 2 is 1.96 bits per heavy atom. The highest BCUT2D eigenvalue weighted by atomic mass is 16.3. The third-order valence-electron chi connectivity index (χ3n) is 4.93. The van der Waals surface area contributed by atoms with E-state index in [2.05, 4.69) is 36.5 Å². The highest BCUT2D eigenvalue weighted by Crippen LogP contribution is 2.34. The number of nitrogens with zero attached hydrogens (tertiary/aromatic N) is 3. The lowest BCUT2D eigenvalue weighted by molar-refractivity contribution is 0.292. The maximum absolute atomic E-state index is 9.10. The molecule has 0 aliphatic heterocycles. The number of fused-ring (bicyclic) bond motifs is 2. The van der Waals surface area contributed by atoms with Crippen LogP contribution in [0.25, 0.3) is 16.8 Å². The minimum atomic E-state index is 0.191. The first-order valence-corrected chi connectivity index (χ1v) is 9.02. The van der Waals surface area contributed by atoms with Crippen LogP contribution in [0.4, 0.5) is 5.82 Å². The topological polar surface area (TPSA) is 62.5 Å². The Morgan fingerprint density at radius 3 is 2.72 bits per heavy atom. The summed E-state index contributed by atoms with van der Waals surface area (Å²) in [4.78, 5) is 4.98. The number of hydrogen-bond acceptors (Lipinski definition) is 4. The molecule has 0 radical (unpaired) electrons. The molecule has 1 aliphatic rings. The van der Waals surface area contributed by atoms with E-state index in [1.165, 1.54) is 16.8 Å². The van der Waals surface area contributed by atoms with Crippen molar-refractivity contribution < 1.29 is 5.11 Å². The zero-order valence-electron chi connectivity index (χ0n) is 14.8. The molecule has 5 heteroatoms. The Morgan fingerprint density at radius 1 is 1.16 bits per heavy atom. The van der Waals surface area contributed by atoms with E-state index in [0.717, 1.165) is 60.5 Å². The lowest BCUT2D eigenvalue weighted by atomic mass is 10.0. The minimum Gasteiger partial charge on any atom is -0.396 e. The molecular formula is C20H24N4O. The van der Waals surface area contributed by atoms with Crippen molar-refractivity contribution in [3.8, 4) is 11.1 Å². The highest BCUT2D eigenvalue weighted by molar-refractivity contribution is 5.81. The summed E-state index contributed by atoms with van der Waals surface area (Å²) in [5, 5.41) is 17.4. The van der Waals surface area contributed by atoms with Gasteiger partial charge in [-0.25, -0.2) is 4.98 Å². The van der Waals surface area contributed by atoms with E-state index in [1.807, 2.05) is 11.4 Å². The fraction of sp³-hybridized carbons (Fsp3) is 0.400. The van der Waals surface area contributed by atoms with Gasteiger partial charge in [0, 0.05) is 30.0 Å². The van der Waals surface area contributed by atoms with Crippen LogP contribution in [0.3, 0.4) is 0 Å². The minimum absolute atomic E-state index is 0.191. The lowest BCUT2D eigenvalue weighted by Gasteiger charge is -2.13. The average molecular weight is 336 g/mol. The fourth-order valence-electron chi connectivity index (χ4n) is 3.66. The molecular weight excluding hydrogens is 312 g/mol. The first-order valence-electron chi connectivity index (χ1n) is 9.02. The summed E-state index contributed by atoms with van der Waals surface area (Å²) < 4.78 is 1.96. The van der Waals surface area contributed by atoms with Gasteiger partial charge in [-0.3, -0.25) is 0 Å². The summed E-state index contributed by atoms with van der Waals surface area (Å²) in [6.45, 7) is 5.07. The van der Waals surface area contributed by atoms with E-state index in [9.17, 15) is 0 Å². The van der Waals surface area contributed by atoms with E-state index in [-0.39, 0.29) is 6.61 Å². The highest BCUT2D eigenvalue weighted by Gasteiger charge is 2.23. The lowest BCUT2D eigenvalue weighted by Crippen LogP contribution is -2.12. The Hall–Kier alpha value is -2.40. The number of aliphatic hydroxyl groups is 1. The van der Waals surface area contributed by atoms with Gasteiger partial charge >= 0.3 is 0 Å². The van der Waals surface area contributed by atoms with Crippen molar-refractivity contribution in [1.82, 2.24) is 14.6 Å². The second-order valence-electron chi connectivity index (χ2n) is 6.80. The summed E-state index contributed by atoms with van der Waals surface area (Å²) in [6.07, 6.45) is 3.93. The quantitative estimate of drug-likeness (QED) is 0.702. The number of rotatable bonds is 5. The normalized spacial score (nSPS) is 13.4. The molecule has 0 unspecified atom stereocenters. The van der Waals surface area contributed by atoms with E-state index >= 15 is 0 Å². The maximum Gasteiger partial charge on any atom is 0.165 e. The molecule has 2 N–H and O–H groups in total. The van der Waals surface area contributed by atoms with E-state index in [4.69, 9.17) is 15.2 Å². The smallest absolute Gasteiger partial charge is 0.165 e. The first kappa shape index (κ1) is 16.1. The molecule has 0 atom stereocenters. The van der Waals surface area contributed by atoms with Crippen LogP contribution in [0.5, 0.6) is 0 Å².